The number of nitrogens with zero attached hydrogens (tertiary/aromatic N) is 1. The zero-order valence-corrected chi connectivity index (χ0v) is 12.9. The van der Waals surface area contributed by atoms with Crippen molar-refractivity contribution in [3.05, 3.63) is 47.0 Å². The maximum absolute atomic E-state index is 12.6. The normalized spacial score (nSPS) is 13.8. The molecule has 2 atom stereocenters. The minimum atomic E-state index is -0.134. The van der Waals surface area contributed by atoms with E-state index in [1.54, 1.807) is 6.20 Å². The second kappa shape index (κ2) is 6.66. The van der Waals surface area contributed by atoms with Crippen LogP contribution >= 0.6 is 11.3 Å². The first-order valence-corrected chi connectivity index (χ1v) is 7.71. The number of anilines is 1. The summed E-state index contributed by atoms with van der Waals surface area (Å²) in [5, 5.41) is 3.62. The van der Waals surface area contributed by atoms with Crippen LogP contribution in [0.15, 0.2) is 36.5 Å². The van der Waals surface area contributed by atoms with Gasteiger partial charge in [0, 0.05) is 11.1 Å². The van der Waals surface area contributed by atoms with Crippen molar-refractivity contribution in [1.29, 1.82) is 0 Å². The van der Waals surface area contributed by atoms with Crippen LogP contribution in [0.5, 0.6) is 0 Å². The fraction of sp³-hybridized carbons (Fsp3) is 0.375. The predicted molar refractivity (Wildman–Crippen MR) is 84.1 cm³/mol. The molecular weight excluding hydrogens is 268 g/mol. The number of hydrogen-bond donors (Lipinski definition) is 1. The highest BCUT2D eigenvalue weighted by Crippen LogP contribution is 2.29. The van der Waals surface area contributed by atoms with Gasteiger partial charge in [0.1, 0.15) is 0 Å². The minimum absolute atomic E-state index is 0.0277. The Kier molecular flexibility index (Phi) is 4.90. The molecule has 0 aliphatic heterocycles. The molecule has 2 aromatic rings. The Morgan fingerprint density at radius 1 is 1.35 bits per heavy atom. The Morgan fingerprint density at radius 3 is 2.60 bits per heavy atom. The minimum Gasteiger partial charge on any atom is -0.301 e. The van der Waals surface area contributed by atoms with Crippen molar-refractivity contribution in [2.45, 2.75) is 33.1 Å². The van der Waals surface area contributed by atoms with E-state index in [0.29, 0.717) is 11.0 Å². The Bertz CT molecular complexity index is 565. The van der Waals surface area contributed by atoms with Gasteiger partial charge in [0.25, 0.3) is 0 Å². The fourth-order valence-electron chi connectivity index (χ4n) is 2.23. The van der Waals surface area contributed by atoms with Gasteiger partial charge in [0.15, 0.2) is 5.13 Å². The highest BCUT2D eigenvalue weighted by atomic mass is 32.1. The summed E-state index contributed by atoms with van der Waals surface area (Å²) in [4.78, 5) is 17.9. The lowest BCUT2D eigenvalue weighted by Crippen LogP contribution is -2.26. The molecular formula is C16H20N2OS. The molecule has 0 fully saturated rings. The molecule has 20 heavy (non-hydrogen) atoms. The van der Waals surface area contributed by atoms with Gasteiger partial charge in [-0.25, -0.2) is 4.98 Å². The molecule has 0 radical (unpaired) electrons. The molecule has 106 valence electrons. The molecule has 0 saturated carbocycles. The van der Waals surface area contributed by atoms with Gasteiger partial charge in [-0.15, -0.1) is 11.3 Å². The van der Waals surface area contributed by atoms with Gasteiger partial charge in [0.05, 0.1) is 5.92 Å². The van der Waals surface area contributed by atoms with Crippen LogP contribution < -0.4 is 5.32 Å². The number of carbonyl (C=O) groups excluding carboxylic acids is 1. The van der Waals surface area contributed by atoms with Crippen LogP contribution in [-0.4, -0.2) is 10.9 Å². The average Bonchev–Trinajstić information content (AvgIpc) is 2.85. The van der Waals surface area contributed by atoms with E-state index in [4.69, 9.17) is 0 Å². The van der Waals surface area contributed by atoms with Gasteiger partial charge in [0.2, 0.25) is 5.91 Å². The second-order valence-corrected chi connectivity index (χ2v) is 6.27. The monoisotopic (exact) mass is 288 g/mol. The van der Waals surface area contributed by atoms with Crippen molar-refractivity contribution in [1.82, 2.24) is 4.98 Å². The van der Waals surface area contributed by atoms with Gasteiger partial charge in [-0.2, -0.15) is 0 Å². The third-order valence-corrected chi connectivity index (χ3v) is 4.33. The highest BCUT2D eigenvalue weighted by molar-refractivity contribution is 7.15. The molecule has 0 unspecified atom stereocenters. The van der Waals surface area contributed by atoms with Crippen LogP contribution in [0.3, 0.4) is 0 Å². The summed E-state index contributed by atoms with van der Waals surface area (Å²) in [6.45, 7) is 6.21. The van der Waals surface area contributed by atoms with E-state index >= 15 is 0 Å². The molecule has 0 aliphatic rings. The SMILES string of the molecule is CC[C@@H](C)[C@H](C(=O)Nc1ncc(C)s1)c1ccccc1. The smallest absolute Gasteiger partial charge is 0.233 e. The highest BCUT2D eigenvalue weighted by Gasteiger charge is 2.26. The van der Waals surface area contributed by atoms with Crippen molar-refractivity contribution in [2.75, 3.05) is 5.32 Å². The average molecular weight is 288 g/mol. The maximum atomic E-state index is 12.6. The van der Waals surface area contributed by atoms with E-state index in [1.807, 2.05) is 37.3 Å². The predicted octanol–water partition coefficient (Wildman–Crippen LogP) is 4.22. The Morgan fingerprint density at radius 2 is 2.05 bits per heavy atom. The summed E-state index contributed by atoms with van der Waals surface area (Å²) in [7, 11) is 0. The van der Waals surface area contributed by atoms with E-state index < -0.39 is 0 Å². The third kappa shape index (κ3) is 3.45. The molecule has 1 N–H and O–H groups in total. The number of rotatable bonds is 5. The van der Waals surface area contributed by atoms with E-state index in [2.05, 4.69) is 24.1 Å². The third-order valence-electron chi connectivity index (χ3n) is 3.51. The van der Waals surface area contributed by atoms with Crippen LogP contribution in [-0.2, 0) is 4.79 Å². The number of hydrogen-bond acceptors (Lipinski definition) is 3. The quantitative estimate of drug-likeness (QED) is 0.895. The zero-order valence-electron chi connectivity index (χ0n) is 12.1. The standard InChI is InChI=1S/C16H20N2OS/c1-4-11(2)14(13-8-6-5-7-9-13)15(19)18-16-17-10-12(3)20-16/h5-11,14H,4H2,1-3H3,(H,17,18,19)/t11-,14+/m1/s1. The van der Waals surface area contributed by atoms with Crippen molar-refractivity contribution in [3.8, 4) is 0 Å². The number of thiazole rings is 1. The van der Waals surface area contributed by atoms with Gasteiger partial charge in [-0.1, -0.05) is 50.6 Å². The van der Waals surface area contributed by atoms with Crippen LogP contribution in [0.25, 0.3) is 0 Å². The first kappa shape index (κ1) is 14.7. The van der Waals surface area contributed by atoms with Gasteiger partial charge in [-0.05, 0) is 18.4 Å². The number of aromatic nitrogens is 1. The molecule has 0 saturated heterocycles. The molecule has 3 nitrogen and oxygen atoms in total. The number of benzene rings is 1. The summed E-state index contributed by atoms with van der Waals surface area (Å²) in [6, 6.07) is 9.96. The number of amides is 1. The molecule has 1 aromatic heterocycles. The van der Waals surface area contributed by atoms with Crippen LogP contribution in [0.2, 0.25) is 0 Å². The van der Waals surface area contributed by atoms with E-state index in [0.717, 1.165) is 16.9 Å². The maximum Gasteiger partial charge on any atom is 0.233 e. The summed E-state index contributed by atoms with van der Waals surface area (Å²) < 4.78 is 0. The summed E-state index contributed by atoms with van der Waals surface area (Å²) >= 11 is 1.50. The second-order valence-electron chi connectivity index (χ2n) is 5.04. The fourth-order valence-corrected chi connectivity index (χ4v) is 2.90. The molecule has 2 rings (SSSR count). The Balaban J connectivity index is 2.20. The number of carbonyl (C=O) groups is 1. The zero-order chi connectivity index (χ0) is 14.5. The molecule has 1 aromatic carbocycles. The van der Waals surface area contributed by atoms with Gasteiger partial charge in [-0.3, -0.25) is 4.79 Å². The lowest BCUT2D eigenvalue weighted by Gasteiger charge is -2.22. The number of aryl methyl sites for hydroxylation is 1. The van der Waals surface area contributed by atoms with Gasteiger partial charge < -0.3 is 5.32 Å². The first-order chi connectivity index (χ1) is 9.61. The number of nitrogens with one attached hydrogen (secondary N) is 1. The summed E-state index contributed by atoms with van der Waals surface area (Å²) in [6.07, 6.45) is 2.74. The van der Waals surface area contributed by atoms with E-state index in [-0.39, 0.29) is 11.8 Å². The molecule has 1 heterocycles. The van der Waals surface area contributed by atoms with Crippen LogP contribution in [0.1, 0.15) is 36.6 Å². The largest absolute Gasteiger partial charge is 0.301 e. The van der Waals surface area contributed by atoms with Crippen molar-refractivity contribution in [3.63, 3.8) is 0 Å². The first-order valence-electron chi connectivity index (χ1n) is 6.90. The molecule has 1 amide bonds. The Hall–Kier alpha value is -1.68. The topological polar surface area (TPSA) is 42.0 Å². The molecule has 0 spiro atoms. The van der Waals surface area contributed by atoms with Crippen LogP contribution in [0, 0.1) is 12.8 Å². The van der Waals surface area contributed by atoms with Crippen molar-refractivity contribution < 1.29 is 4.79 Å². The van der Waals surface area contributed by atoms with Crippen LogP contribution in [0.4, 0.5) is 5.13 Å². The molecule has 0 aliphatic carbocycles. The summed E-state index contributed by atoms with van der Waals surface area (Å²) in [5.41, 5.74) is 1.06. The van der Waals surface area contributed by atoms with E-state index in [9.17, 15) is 4.79 Å². The lowest BCUT2D eigenvalue weighted by molar-refractivity contribution is -0.118. The molecule has 0 bridgehead atoms. The van der Waals surface area contributed by atoms with Crippen molar-refractivity contribution in [2.24, 2.45) is 5.92 Å². The van der Waals surface area contributed by atoms with E-state index in [1.165, 1.54) is 11.3 Å². The summed E-state index contributed by atoms with van der Waals surface area (Å²) in [5.74, 6) is 0.184. The Labute approximate surface area is 124 Å². The van der Waals surface area contributed by atoms with Crippen molar-refractivity contribution >= 4 is 22.4 Å². The molecule has 4 heteroatoms. The lowest BCUT2D eigenvalue weighted by atomic mass is 9.85. The van der Waals surface area contributed by atoms with Gasteiger partial charge >= 0.3 is 0 Å².